The minimum atomic E-state index is -0.257. The highest BCUT2D eigenvalue weighted by Crippen LogP contribution is 2.18. The molecule has 2 amide bonds. The molecule has 128 valence electrons. The van der Waals surface area contributed by atoms with Crippen LogP contribution in [0.3, 0.4) is 0 Å². The van der Waals surface area contributed by atoms with Crippen molar-refractivity contribution >= 4 is 22.7 Å². The number of aromatic amines is 2. The monoisotopic (exact) mass is 339 g/mol. The lowest BCUT2D eigenvalue weighted by atomic mass is 9.98. The zero-order valence-electron chi connectivity index (χ0n) is 13.4. The van der Waals surface area contributed by atoms with Crippen LogP contribution in [0.25, 0.3) is 10.9 Å². The molecule has 3 aromatic rings. The number of benzene rings is 1. The number of carbonyl (C=O) groups is 2. The Morgan fingerprint density at radius 1 is 1.24 bits per heavy atom. The number of likely N-dealkylation sites (tertiary alicyclic amines) is 1. The van der Waals surface area contributed by atoms with E-state index in [1.54, 1.807) is 6.20 Å². The van der Waals surface area contributed by atoms with Crippen LogP contribution in [-0.4, -0.2) is 62.0 Å². The van der Waals surface area contributed by atoms with Crippen LogP contribution < -0.4 is 5.32 Å². The number of amides is 2. The van der Waals surface area contributed by atoms with Crippen molar-refractivity contribution in [2.45, 2.75) is 6.42 Å². The summed E-state index contributed by atoms with van der Waals surface area (Å²) in [5.41, 5.74) is 2.20. The van der Waals surface area contributed by atoms with Crippen LogP contribution in [-0.2, 0) is 11.2 Å². The molecule has 3 N–H and O–H groups in total. The first kappa shape index (κ1) is 15.3. The van der Waals surface area contributed by atoms with Crippen LogP contribution in [0.5, 0.6) is 0 Å². The van der Waals surface area contributed by atoms with Crippen molar-refractivity contribution in [1.29, 1.82) is 0 Å². The molecule has 0 unspecified atom stereocenters. The average Bonchev–Trinajstić information content (AvgIpc) is 3.24. The number of rotatable bonds is 5. The molecule has 0 radical (unpaired) electrons. The van der Waals surface area contributed by atoms with Gasteiger partial charge in [-0.2, -0.15) is 20.5 Å². The molecule has 1 aliphatic heterocycles. The number of hydrogen-bond acceptors (Lipinski definition) is 5. The number of carbonyl (C=O) groups excluding carboxylic acids is 2. The number of fused-ring (bicyclic) bond motifs is 1. The van der Waals surface area contributed by atoms with Gasteiger partial charge in [-0.3, -0.25) is 14.7 Å². The molecule has 1 saturated heterocycles. The van der Waals surface area contributed by atoms with Crippen molar-refractivity contribution in [3.8, 4) is 0 Å². The number of hydrogen-bond donors (Lipinski definition) is 3. The maximum atomic E-state index is 12.3. The summed E-state index contributed by atoms with van der Waals surface area (Å²) in [4.78, 5) is 25.9. The maximum Gasteiger partial charge on any atom is 0.273 e. The van der Waals surface area contributed by atoms with Gasteiger partial charge in [-0.15, -0.1) is 0 Å². The van der Waals surface area contributed by atoms with Crippen LogP contribution in [0.4, 0.5) is 0 Å². The van der Waals surface area contributed by atoms with Gasteiger partial charge in [0.25, 0.3) is 5.91 Å². The van der Waals surface area contributed by atoms with Crippen molar-refractivity contribution < 1.29 is 9.59 Å². The molecule has 0 bridgehead atoms. The zero-order chi connectivity index (χ0) is 17.2. The van der Waals surface area contributed by atoms with Crippen LogP contribution in [0.2, 0.25) is 0 Å². The van der Waals surface area contributed by atoms with Gasteiger partial charge < -0.3 is 10.2 Å². The van der Waals surface area contributed by atoms with Gasteiger partial charge in [0, 0.05) is 30.9 Å². The molecule has 1 aromatic carbocycles. The quantitative estimate of drug-likeness (QED) is 0.609. The summed E-state index contributed by atoms with van der Waals surface area (Å²) in [6.45, 7) is 1.84. The van der Waals surface area contributed by atoms with E-state index in [2.05, 4.69) is 30.9 Å². The first-order chi connectivity index (χ1) is 12.2. The van der Waals surface area contributed by atoms with Crippen molar-refractivity contribution in [1.82, 2.24) is 35.8 Å². The van der Waals surface area contributed by atoms with Crippen molar-refractivity contribution in [2.75, 3.05) is 19.6 Å². The van der Waals surface area contributed by atoms with Crippen LogP contribution in [0.15, 0.2) is 30.6 Å². The van der Waals surface area contributed by atoms with Gasteiger partial charge in [0.2, 0.25) is 5.91 Å². The van der Waals surface area contributed by atoms with Gasteiger partial charge in [-0.05, 0) is 17.7 Å². The topological polar surface area (TPSA) is 120 Å². The van der Waals surface area contributed by atoms with E-state index in [-0.39, 0.29) is 23.4 Å². The molecule has 3 heterocycles. The fourth-order valence-electron chi connectivity index (χ4n) is 2.93. The number of H-pyrrole nitrogens is 2. The lowest BCUT2D eigenvalue weighted by Crippen LogP contribution is -2.54. The second-order valence-electron chi connectivity index (χ2n) is 6.20. The summed E-state index contributed by atoms with van der Waals surface area (Å²) in [6.07, 6.45) is 3.50. The van der Waals surface area contributed by atoms with Gasteiger partial charge in [-0.25, -0.2) is 0 Å². The minimum Gasteiger partial charge on any atom is -0.350 e. The summed E-state index contributed by atoms with van der Waals surface area (Å²) in [6, 6.07) is 5.85. The van der Waals surface area contributed by atoms with E-state index in [0.717, 1.165) is 16.5 Å². The molecule has 0 atom stereocenters. The molecular weight excluding hydrogens is 322 g/mol. The highest BCUT2D eigenvalue weighted by molar-refractivity contribution is 5.91. The summed E-state index contributed by atoms with van der Waals surface area (Å²) >= 11 is 0. The Hall–Kier alpha value is -3.23. The second kappa shape index (κ2) is 6.34. The Morgan fingerprint density at radius 2 is 2.12 bits per heavy atom. The molecule has 1 aliphatic rings. The fraction of sp³-hybridized carbons (Fsp3) is 0.312. The Kier molecular flexibility index (Phi) is 3.88. The van der Waals surface area contributed by atoms with Crippen molar-refractivity contribution in [3.63, 3.8) is 0 Å². The van der Waals surface area contributed by atoms with E-state index in [1.165, 1.54) is 6.20 Å². The Labute approximate surface area is 142 Å². The standard InChI is InChI=1S/C16H17N7O2/c24-15(4-10-1-2-13-12(3-10)6-18-20-13)23-8-11(9-23)5-17-16(25)14-7-19-22-21-14/h1-3,6-7,11H,4-5,8-9H2,(H,17,25)(H,18,20)(H,19,21,22). The SMILES string of the molecule is O=C(NCC1CN(C(=O)Cc2ccc3[nH]ncc3c2)C1)c1cn[nH]n1. The van der Waals surface area contributed by atoms with Crippen molar-refractivity contribution in [3.05, 3.63) is 41.9 Å². The molecule has 25 heavy (non-hydrogen) atoms. The number of aromatic nitrogens is 5. The maximum absolute atomic E-state index is 12.3. The van der Waals surface area contributed by atoms with Crippen LogP contribution in [0.1, 0.15) is 16.1 Å². The lowest BCUT2D eigenvalue weighted by Gasteiger charge is -2.39. The van der Waals surface area contributed by atoms with E-state index >= 15 is 0 Å². The Bertz CT molecular complexity index is 896. The highest BCUT2D eigenvalue weighted by Gasteiger charge is 2.30. The van der Waals surface area contributed by atoms with E-state index in [4.69, 9.17) is 0 Å². The smallest absolute Gasteiger partial charge is 0.273 e. The predicted molar refractivity (Wildman–Crippen MR) is 88.6 cm³/mol. The Balaban J connectivity index is 1.24. The first-order valence-electron chi connectivity index (χ1n) is 8.03. The van der Waals surface area contributed by atoms with Gasteiger partial charge in [-0.1, -0.05) is 6.07 Å². The summed E-state index contributed by atoms with van der Waals surface area (Å²) < 4.78 is 0. The molecule has 2 aromatic heterocycles. The van der Waals surface area contributed by atoms with Crippen LogP contribution in [0, 0.1) is 5.92 Å². The third-order valence-electron chi connectivity index (χ3n) is 4.37. The average molecular weight is 339 g/mol. The van der Waals surface area contributed by atoms with E-state index in [1.807, 2.05) is 23.1 Å². The molecular formula is C16H17N7O2. The van der Waals surface area contributed by atoms with Crippen LogP contribution >= 0.6 is 0 Å². The molecule has 0 spiro atoms. The van der Waals surface area contributed by atoms with E-state index < -0.39 is 0 Å². The van der Waals surface area contributed by atoms with E-state index in [0.29, 0.717) is 26.1 Å². The molecule has 9 heteroatoms. The van der Waals surface area contributed by atoms with Gasteiger partial charge in [0.15, 0.2) is 5.69 Å². The summed E-state index contributed by atoms with van der Waals surface area (Å²) in [5, 5.41) is 20.4. The molecule has 4 rings (SSSR count). The molecule has 0 aliphatic carbocycles. The number of nitrogens with zero attached hydrogens (tertiary/aromatic N) is 4. The second-order valence-corrected chi connectivity index (χ2v) is 6.20. The van der Waals surface area contributed by atoms with Gasteiger partial charge in [0.1, 0.15) is 0 Å². The zero-order valence-corrected chi connectivity index (χ0v) is 13.4. The molecule has 0 saturated carbocycles. The third kappa shape index (κ3) is 3.21. The van der Waals surface area contributed by atoms with E-state index in [9.17, 15) is 9.59 Å². The lowest BCUT2D eigenvalue weighted by molar-refractivity contribution is -0.136. The number of nitrogens with one attached hydrogen (secondary N) is 3. The fourth-order valence-corrected chi connectivity index (χ4v) is 2.93. The minimum absolute atomic E-state index is 0.0990. The normalized spacial score (nSPS) is 14.5. The molecule has 9 nitrogen and oxygen atoms in total. The van der Waals surface area contributed by atoms with Crippen molar-refractivity contribution in [2.24, 2.45) is 5.92 Å². The highest BCUT2D eigenvalue weighted by atomic mass is 16.2. The predicted octanol–water partition coefficient (Wildman–Crippen LogP) is 0.112. The largest absolute Gasteiger partial charge is 0.350 e. The van der Waals surface area contributed by atoms with Gasteiger partial charge in [0.05, 0.1) is 24.3 Å². The van der Waals surface area contributed by atoms with Gasteiger partial charge >= 0.3 is 0 Å². The summed E-state index contributed by atoms with van der Waals surface area (Å²) in [7, 11) is 0. The Morgan fingerprint density at radius 3 is 2.92 bits per heavy atom. The molecule has 1 fully saturated rings. The summed E-state index contributed by atoms with van der Waals surface area (Å²) in [5.74, 6) is 0.116. The third-order valence-corrected chi connectivity index (χ3v) is 4.37. The first-order valence-corrected chi connectivity index (χ1v) is 8.03.